The average Bonchev–Trinajstić information content (AvgIpc) is 3.64. The quantitative estimate of drug-likeness (QED) is 0.167. The van der Waals surface area contributed by atoms with E-state index in [1.54, 1.807) is 25.6 Å². The predicted octanol–water partition coefficient (Wildman–Crippen LogP) is 6.98. The second-order valence-corrected chi connectivity index (χ2v) is 11.4. The molecule has 0 aliphatic heterocycles. The molecule has 0 saturated carbocycles. The van der Waals surface area contributed by atoms with Gasteiger partial charge in [-0.2, -0.15) is 5.10 Å². The van der Waals surface area contributed by atoms with Crippen LogP contribution in [-0.2, 0) is 24.2 Å². The molecule has 5 aromatic rings. The number of aromatic nitrogens is 2. The van der Waals surface area contributed by atoms with Gasteiger partial charge in [0.25, 0.3) is 0 Å². The fraction of sp³-hybridized carbons (Fsp3) is 0.235. The number of carbonyl (C=O) groups is 1. The summed E-state index contributed by atoms with van der Waals surface area (Å²) in [6, 6.07) is 22.6. The Morgan fingerprint density at radius 2 is 1.86 bits per heavy atom. The van der Waals surface area contributed by atoms with Gasteiger partial charge in [0.05, 0.1) is 31.9 Å². The fourth-order valence-electron chi connectivity index (χ4n) is 4.94. The number of fused-ring (bicyclic) bond motifs is 1. The highest BCUT2D eigenvalue weighted by atomic mass is 32.1. The van der Waals surface area contributed by atoms with Crippen LogP contribution in [0.15, 0.2) is 72.1 Å². The highest BCUT2D eigenvalue weighted by Crippen LogP contribution is 2.28. The molecule has 1 amide bonds. The van der Waals surface area contributed by atoms with Gasteiger partial charge in [0, 0.05) is 29.0 Å². The number of likely N-dealkylation sites (N-methyl/N-ethyl adjacent to an activating group) is 1. The van der Waals surface area contributed by atoms with E-state index in [4.69, 9.17) is 9.47 Å². The normalized spacial score (nSPS) is 11.5. The second-order valence-electron chi connectivity index (χ2n) is 10.4. The Kier molecular flexibility index (Phi) is 9.36. The number of nitrogens with zero attached hydrogens (tertiary/aromatic N) is 2. The Bertz CT molecular complexity index is 1690. The molecule has 0 saturated heterocycles. The third kappa shape index (κ3) is 7.26. The van der Waals surface area contributed by atoms with Crippen molar-refractivity contribution >= 4 is 46.0 Å². The molecule has 42 heavy (non-hydrogen) atoms. The first-order valence-electron chi connectivity index (χ1n) is 13.9. The van der Waals surface area contributed by atoms with Crippen molar-refractivity contribution in [1.82, 2.24) is 15.1 Å². The van der Waals surface area contributed by atoms with Crippen LogP contribution in [-0.4, -0.2) is 48.8 Å². The summed E-state index contributed by atoms with van der Waals surface area (Å²) < 4.78 is 10.8. The van der Waals surface area contributed by atoms with Crippen molar-refractivity contribution in [3.8, 4) is 11.5 Å². The van der Waals surface area contributed by atoms with Crippen molar-refractivity contribution in [1.29, 1.82) is 0 Å². The summed E-state index contributed by atoms with van der Waals surface area (Å²) >= 11 is 1.59. The van der Waals surface area contributed by atoms with Gasteiger partial charge in [-0.1, -0.05) is 42.5 Å². The first-order valence-corrected chi connectivity index (χ1v) is 14.8. The molecule has 3 aromatic carbocycles. The highest BCUT2D eigenvalue weighted by molar-refractivity contribution is 7.10. The van der Waals surface area contributed by atoms with Gasteiger partial charge < -0.3 is 19.7 Å². The van der Waals surface area contributed by atoms with Gasteiger partial charge in [-0.3, -0.25) is 9.89 Å². The molecule has 0 bridgehead atoms. The number of nitrogens with one attached hydrogen (secondary N) is 2. The summed E-state index contributed by atoms with van der Waals surface area (Å²) in [6.07, 6.45) is 5.39. The number of methoxy groups -OCH3 is 2. The molecule has 2 aromatic heterocycles. The number of hydrogen-bond acceptors (Lipinski definition) is 6. The number of rotatable bonds is 12. The summed E-state index contributed by atoms with van der Waals surface area (Å²) in [6.45, 7) is 3.75. The van der Waals surface area contributed by atoms with Gasteiger partial charge in [-0.05, 0) is 84.4 Å². The molecule has 0 spiro atoms. The Labute approximate surface area is 250 Å². The Balaban J connectivity index is 1.23. The SMILES string of the molecule is COc1ccc(CCN(C)Cc2cccc(C=Cc3n[nH]c4cc(C)c(NC(=O)Cc5cccs5)cc34)c2)cc1OC. The Hall–Kier alpha value is -4.40. The topological polar surface area (TPSA) is 79.5 Å². The number of anilines is 1. The lowest BCUT2D eigenvalue weighted by molar-refractivity contribution is -0.115. The second kappa shape index (κ2) is 13.5. The molecule has 0 aliphatic carbocycles. The van der Waals surface area contributed by atoms with Gasteiger partial charge in [-0.15, -0.1) is 11.3 Å². The lowest BCUT2D eigenvalue weighted by atomic mass is 10.1. The van der Waals surface area contributed by atoms with Crippen molar-refractivity contribution < 1.29 is 14.3 Å². The molecule has 0 unspecified atom stereocenters. The van der Waals surface area contributed by atoms with E-state index >= 15 is 0 Å². The summed E-state index contributed by atoms with van der Waals surface area (Å²) in [5.74, 6) is 1.48. The van der Waals surface area contributed by atoms with E-state index in [0.717, 1.165) is 69.3 Å². The van der Waals surface area contributed by atoms with Gasteiger partial charge >= 0.3 is 0 Å². The van der Waals surface area contributed by atoms with Crippen molar-refractivity contribution in [2.45, 2.75) is 26.3 Å². The third-order valence-corrected chi connectivity index (χ3v) is 8.07. The van der Waals surface area contributed by atoms with Gasteiger partial charge in [0.2, 0.25) is 5.91 Å². The molecular weight excluding hydrogens is 544 g/mol. The number of carbonyl (C=O) groups excluding carboxylic acids is 1. The number of aryl methyl sites for hydroxylation is 1. The maximum Gasteiger partial charge on any atom is 0.229 e. The first kappa shape index (κ1) is 29.1. The molecule has 0 fully saturated rings. The molecular formula is C34H36N4O3S. The standard InChI is InChI=1S/C34H36N4O3S/c1-23-17-31-28(21-30(23)35-34(39)20-27-9-6-16-42-27)29(36-37-31)12-10-24-7-5-8-26(18-24)22-38(2)15-14-25-11-13-32(40-3)33(19-25)41-4/h5-13,16-19,21H,14-15,20,22H2,1-4H3,(H,35,39)(H,36,37). The summed E-state index contributed by atoms with van der Waals surface area (Å²) in [4.78, 5) is 16.0. The van der Waals surface area contributed by atoms with E-state index in [0.29, 0.717) is 6.42 Å². The molecule has 7 nitrogen and oxygen atoms in total. The monoisotopic (exact) mass is 580 g/mol. The number of thiophene rings is 1. The van der Waals surface area contributed by atoms with Crippen LogP contribution in [0.1, 0.15) is 32.8 Å². The number of H-pyrrole nitrogens is 1. The minimum absolute atomic E-state index is 0.0222. The molecule has 0 radical (unpaired) electrons. The van der Waals surface area contributed by atoms with Crippen LogP contribution in [0, 0.1) is 6.92 Å². The van der Waals surface area contributed by atoms with E-state index in [1.165, 1.54) is 11.1 Å². The summed E-state index contributed by atoms with van der Waals surface area (Å²) in [7, 11) is 5.45. The van der Waals surface area contributed by atoms with Crippen molar-refractivity contribution in [3.05, 3.63) is 105 Å². The maximum atomic E-state index is 12.6. The minimum atomic E-state index is -0.0222. The van der Waals surface area contributed by atoms with Crippen LogP contribution in [0.5, 0.6) is 11.5 Å². The number of ether oxygens (including phenoxy) is 2. The third-order valence-electron chi connectivity index (χ3n) is 7.19. The Morgan fingerprint density at radius 1 is 1.00 bits per heavy atom. The zero-order valence-electron chi connectivity index (χ0n) is 24.4. The fourth-order valence-corrected chi connectivity index (χ4v) is 5.64. The van der Waals surface area contributed by atoms with E-state index in [-0.39, 0.29) is 5.91 Å². The lowest BCUT2D eigenvalue weighted by Crippen LogP contribution is -2.20. The molecule has 5 rings (SSSR count). The van der Waals surface area contributed by atoms with Gasteiger partial charge in [0.1, 0.15) is 0 Å². The maximum absolute atomic E-state index is 12.6. The summed E-state index contributed by atoms with van der Waals surface area (Å²) in [5, 5.41) is 13.7. The number of benzene rings is 3. The van der Waals surface area contributed by atoms with Crippen LogP contribution < -0.4 is 14.8 Å². The number of aromatic amines is 1. The zero-order chi connectivity index (χ0) is 29.5. The molecule has 0 atom stereocenters. The first-order chi connectivity index (χ1) is 20.4. The molecule has 216 valence electrons. The lowest BCUT2D eigenvalue weighted by Gasteiger charge is -2.17. The van der Waals surface area contributed by atoms with Crippen LogP contribution in [0.2, 0.25) is 0 Å². The molecule has 8 heteroatoms. The largest absolute Gasteiger partial charge is 0.493 e. The Morgan fingerprint density at radius 3 is 2.64 bits per heavy atom. The van der Waals surface area contributed by atoms with E-state index in [2.05, 4.69) is 63.9 Å². The van der Waals surface area contributed by atoms with Crippen LogP contribution in [0.4, 0.5) is 5.69 Å². The van der Waals surface area contributed by atoms with Gasteiger partial charge in [0.15, 0.2) is 11.5 Å². The smallest absolute Gasteiger partial charge is 0.229 e. The van der Waals surface area contributed by atoms with Crippen molar-refractivity contribution in [3.63, 3.8) is 0 Å². The van der Waals surface area contributed by atoms with Crippen LogP contribution in [0.25, 0.3) is 23.1 Å². The number of hydrogen-bond donors (Lipinski definition) is 2. The van der Waals surface area contributed by atoms with E-state index < -0.39 is 0 Å². The zero-order valence-corrected chi connectivity index (χ0v) is 25.3. The average molecular weight is 581 g/mol. The summed E-state index contributed by atoms with van der Waals surface area (Å²) in [5.41, 5.74) is 7.12. The molecule has 2 N–H and O–H groups in total. The van der Waals surface area contributed by atoms with E-state index in [1.807, 2.05) is 54.8 Å². The molecule has 0 aliphatic rings. The van der Waals surface area contributed by atoms with E-state index in [9.17, 15) is 4.79 Å². The van der Waals surface area contributed by atoms with Gasteiger partial charge in [-0.25, -0.2) is 0 Å². The van der Waals surface area contributed by atoms with Crippen molar-refractivity contribution in [2.24, 2.45) is 0 Å². The molecule has 2 heterocycles. The number of amides is 1. The van der Waals surface area contributed by atoms with Crippen LogP contribution >= 0.6 is 11.3 Å². The van der Waals surface area contributed by atoms with Crippen LogP contribution in [0.3, 0.4) is 0 Å². The highest BCUT2D eigenvalue weighted by Gasteiger charge is 2.11. The van der Waals surface area contributed by atoms with Crippen molar-refractivity contribution in [2.75, 3.05) is 33.1 Å². The predicted molar refractivity (Wildman–Crippen MR) is 172 cm³/mol. The minimum Gasteiger partial charge on any atom is -0.493 e.